The van der Waals surface area contributed by atoms with E-state index in [0.29, 0.717) is 5.56 Å². The Balaban J connectivity index is 1.96. The quantitative estimate of drug-likeness (QED) is 0.523. The second-order valence-corrected chi connectivity index (χ2v) is 11.1. The third-order valence-electron chi connectivity index (χ3n) is 5.87. The van der Waals surface area contributed by atoms with Crippen LogP contribution in [0, 0.1) is 19.8 Å². The lowest BCUT2D eigenvalue weighted by atomic mass is 9.82. The fraction of sp³-hybridized carbons (Fsp3) is 0.480. The molecule has 3 N–H and O–H groups in total. The van der Waals surface area contributed by atoms with Gasteiger partial charge in [-0.3, -0.25) is 4.79 Å². The zero-order chi connectivity index (χ0) is 26.2. The smallest absolute Gasteiger partial charge is 0.269 e. The summed E-state index contributed by atoms with van der Waals surface area (Å²) in [5, 5.41) is 17.5. The molecule has 0 radical (unpaired) electrons. The van der Waals surface area contributed by atoms with Crippen molar-refractivity contribution in [1.29, 1.82) is 0 Å². The minimum absolute atomic E-state index is 0.127. The summed E-state index contributed by atoms with van der Waals surface area (Å²) in [6, 6.07) is 5.22. The van der Waals surface area contributed by atoms with Gasteiger partial charge in [-0.05, 0) is 48.4 Å². The molecule has 2 aromatic rings. The number of amides is 1. The van der Waals surface area contributed by atoms with Crippen LogP contribution in [0.2, 0.25) is 0 Å². The first-order valence-corrected chi connectivity index (χ1v) is 12.6. The van der Waals surface area contributed by atoms with Gasteiger partial charge in [0.05, 0.1) is 17.3 Å². The summed E-state index contributed by atoms with van der Waals surface area (Å²) < 4.78 is 26.4. The third kappa shape index (κ3) is 5.58. The largest absolute Gasteiger partial charge is 0.505 e. The minimum Gasteiger partial charge on any atom is -0.505 e. The summed E-state index contributed by atoms with van der Waals surface area (Å²) in [6.07, 6.45) is 0. The van der Waals surface area contributed by atoms with Gasteiger partial charge in [0.25, 0.3) is 17.1 Å². The predicted molar refractivity (Wildman–Crippen MR) is 140 cm³/mol. The predicted octanol–water partition coefficient (Wildman–Crippen LogP) is 4.39. The second kappa shape index (κ2) is 9.85. The van der Waals surface area contributed by atoms with Crippen molar-refractivity contribution in [2.75, 3.05) is 19.4 Å². The lowest BCUT2D eigenvalue weighted by Crippen LogP contribution is -2.38. The van der Waals surface area contributed by atoms with Crippen molar-refractivity contribution in [2.45, 2.75) is 59.9 Å². The van der Waals surface area contributed by atoms with Crippen LogP contribution >= 0.6 is 0 Å². The molecule has 1 aromatic carbocycles. The van der Waals surface area contributed by atoms with Crippen molar-refractivity contribution >= 4 is 34.4 Å². The average Bonchev–Trinajstić information content (AvgIpc) is 3.26. The van der Waals surface area contributed by atoms with Gasteiger partial charge in [0.15, 0.2) is 17.4 Å². The topological polar surface area (TPSA) is 120 Å². The van der Waals surface area contributed by atoms with Crippen LogP contribution in [0.1, 0.15) is 73.7 Å². The highest BCUT2D eigenvalue weighted by atomic mass is 32.2. The number of rotatable bonds is 5. The Bertz CT molecular complexity index is 1200. The number of hydrogen-bond acceptors (Lipinski definition) is 6. The van der Waals surface area contributed by atoms with Crippen LogP contribution in [0.4, 0.5) is 5.69 Å². The van der Waals surface area contributed by atoms with E-state index in [1.165, 1.54) is 4.90 Å². The molecule has 2 atom stereocenters. The number of phenolic OH excluding ortho intramolecular Hbond substituents is 1. The van der Waals surface area contributed by atoms with Gasteiger partial charge in [0.1, 0.15) is 11.5 Å². The van der Waals surface area contributed by atoms with E-state index in [0.717, 1.165) is 17.1 Å². The van der Waals surface area contributed by atoms with Gasteiger partial charge in [-0.25, -0.2) is 4.21 Å². The number of carbonyl (C=O) groups excluding carboxylic acids is 1. The summed E-state index contributed by atoms with van der Waals surface area (Å²) in [4.78, 5) is 14.4. The lowest BCUT2D eigenvalue weighted by molar-refractivity contribution is 0.0822. The molecule has 2 heterocycles. The summed E-state index contributed by atoms with van der Waals surface area (Å²) in [5.74, 6) is 1.67. The third-order valence-corrected chi connectivity index (χ3v) is 6.55. The van der Waals surface area contributed by atoms with Crippen LogP contribution in [-0.4, -0.2) is 45.9 Å². The average molecular weight is 502 g/mol. The highest BCUT2D eigenvalue weighted by Gasteiger charge is 2.30. The number of aryl methyl sites for hydroxylation is 2. The lowest BCUT2D eigenvalue weighted by Gasteiger charge is -2.26. The van der Waals surface area contributed by atoms with Crippen LogP contribution in [0.3, 0.4) is 0 Å². The number of furan rings is 1. The van der Waals surface area contributed by atoms with E-state index in [1.807, 2.05) is 54.5 Å². The number of carbonyl (C=O) groups is 1. The first-order valence-electron chi connectivity index (χ1n) is 11.5. The van der Waals surface area contributed by atoms with Gasteiger partial charge >= 0.3 is 0 Å². The highest BCUT2D eigenvalue weighted by molar-refractivity contribution is 7.83. The van der Waals surface area contributed by atoms with Gasteiger partial charge in [0, 0.05) is 14.1 Å². The van der Waals surface area contributed by atoms with Crippen molar-refractivity contribution in [3.63, 3.8) is 0 Å². The maximum absolute atomic E-state index is 13.0. The van der Waals surface area contributed by atoms with Gasteiger partial charge in [-0.1, -0.05) is 40.7 Å². The summed E-state index contributed by atoms with van der Waals surface area (Å²) >= 11 is -1.82. The zero-order valence-corrected chi connectivity index (χ0v) is 22.6. The summed E-state index contributed by atoms with van der Waals surface area (Å²) in [5.41, 5.74) is 1.85. The van der Waals surface area contributed by atoms with E-state index in [-0.39, 0.29) is 52.0 Å². The number of benzene rings is 1. The van der Waals surface area contributed by atoms with Crippen molar-refractivity contribution in [1.82, 2.24) is 10.2 Å². The Labute approximate surface area is 209 Å². The Kier molecular flexibility index (Phi) is 7.45. The number of amidine groups is 2. The number of nitrogens with zero attached hydrogens (tertiary/aromatic N) is 3. The molecule has 9 nitrogen and oxygen atoms in total. The number of nitrogens with one attached hydrogen (secondary N) is 2. The van der Waals surface area contributed by atoms with E-state index < -0.39 is 11.2 Å². The van der Waals surface area contributed by atoms with Crippen molar-refractivity contribution < 1.29 is 18.5 Å². The number of anilines is 1. The molecule has 0 saturated heterocycles. The zero-order valence-electron chi connectivity index (χ0n) is 21.8. The molecule has 1 amide bonds. The van der Waals surface area contributed by atoms with Crippen molar-refractivity contribution in [3.05, 3.63) is 46.4 Å². The molecule has 0 fully saturated rings. The molecular weight excluding hydrogens is 466 g/mol. The molecule has 0 bridgehead atoms. The van der Waals surface area contributed by atoms with Crippen LogP contribution in [0.15, 0.2) is 31.4 Å². The van der Waals surface area contributed by atoms with Crippen LogP contribution < -0.4 is 10.6 Å². The fourth-order valence-corrected chi connectivity index (χ4v) is 4.42. The number of aromatic hydroxyl groups is 1. The molecule has 1 aliphatic heterocycles. The first kappa shape index (κ1) is 26.5. The first-order chi connectivity index (χ1) is 16.2. The van der Waals surface area contributed by atoms with Crippen molar-refractivity contribution in [3.8, 4) is 5.75 Å². The van der Waals surface area contributed by atoms with Crippen LogP contribution in [0.5, 0.6) is 5.75 Å². The fourth-order valence-electron chi connectivity index (χ4n) is 3.79. The summed E-state index contributed by atoms with van der Waals surface area (Å²) in [7, 11) is 3.27. The van der Waals surface area contributed by atoms with Gasteiger partial charge in [0.2, 0.25) is 0 Å². The molecule has 3 rings (SSSR count). The molecule has 10 heteroatoms. The number of phenols is 1. The molecule has 1 aliphatic rings. The molecule has 0 aliphatic carbocycles. The monoisotopic (exact) mass is 501 g/mol. The second-order valence-electron chi connectivity index (χ2n) is 10.3. The minimum atomic E-state index is -1.82. The molecule has 190 valence electrons. The SMILES string of the molecule is Cc1cc([C@H](NC2=NS(=O)N=C2Nc2ccc(C(C)(C)C)c(C(=O)N(C)C)c2O)C(C)C)oc1C. The maximum Gasteiger partial charge on any atom is 0.269 e. The van der Waals surface area contributed by atoms with Gasteiger partial charge < -0.3 is 25.1 Å². The molecule has 35 heavy (non-hydrogen) atoms. The van der Waals surface area contributed by atoms with E-state index in [4.69, 9.17) is 4.42 Å². The molecule has 1 unspecified atom stereocenters. The van der Waals surface area contributed by atoms with Crippen LogP contribution in [0.25, 0.3) is 0 Å². The Morgan fingerprint density at radius 3 is 2.29 bits per heavy atom. The molecule has 0 saturated carbocycles. The summed E-state index contributed by atoms with van der Waals surface area (Å²) in [6.45, 7) is 13.9. The van der Waals surface area contributed by atoms with E-state index in [2.05, 4.69) is 19.4 Å². The Morgan fingerprint density at radius 2 is 1.77 bits per heavy atom. The van der Waals surface area contributed by atoms with E-state index in [1.54, 1.807) is 26.2 Å². The van der Waals surface area contributed by atoms with E-state index in [9.17, 15) is 14.1 Å². The number of hydrogen-bond donors (Lipinski definition) is 3. The molecule has 0 spiro atoms. The van der Waals surface area contributed by atoms with E-state index >= 15 is 0 Å². The molecular formula is C25H35N5O4S. The van der Waals surface area contributed by atoms with Gasteiger partial charge in [-0.15, -0.1) is 8.80 Å². The van der Waals surface area contributed by atoms with Crippen molar-refractivity contribution in [2.24, 2.45) is 14.7 Å². The highest BCUT2D eigenvalue weighted by Crippen LogP contribution is 2.37. The standard InChI is InChI=1S/C25H35N5O4S/c1-13(2)20(18-12-14(3)15(4)34-18)27-23-22(28-35(33)29-23)26-17-11-10-16(25(5,6)7)19(21(17)31)24(32)30(8)9/h10-13,20,31H,1-9H3,(H,26,28)(H,27,29)/t20-,35?/m1/s1. The maximum atomic E-state index is 13.0. The molecule has 1 aromatic heterocycles. The Hall–Kier alpha value is -3.14. The van der Waals surface area contributed by atoms with Crippen LogP contribution in [-0.2, 0) is 16.6 Å². The Morgan fingerprint density at radius 1 is 1.14 bits per heavy atom. The normalized spacial score (nSPS) is 16.7. The van der Waals surface area contributed by atoms with Gasteiger partial charge in [-0.2, -0.15) is 0 Å².